The van der Waals surface area contributed by atoms with E-state index in [1.165, 1.54) is 12.1 Å². The maximum Gasteiger partial charge on any atom is 0.264 e. The molecule has 0 aromatic heterocycles. The number of fused-ring (bicyclic) bond motifs is 1. The monoisotopic (exact) mass is 395 g/mol. The molecule has 0 bridgehead atoms. The van der Waals surface area contributed by atoms with E-state index in [4.69, 9.17) is 0 Å². The first-order valence-electron chi connectivity index (χ1n) is 9.38. The fourth-order valence-corrected chi connectivity index (χ4v) is 4.29. The van der Waals surface area contributed by atoms with Crippen molar-refractivity contribution in [2.45, 2.75) is 38.0 Å². The number of carbonyl (C=O) groups excluding carboxylic acids is 1. The zero-order valence-corrected chi connectivity index (χ0v) is 17.2. The standard InChI is InChI=1S/C23H25NO3S/c1-16(2)14-22(20-11-10-18-6-4-5-7-19(18)15-20)23(25)24-28(26,27)21-12-8-17(3)9-13-21/h4-13,15-16,22H,14H2,1-3H3,(H,24,25). The van der Waals surface area contributed by atoms with E-state index in [-0.39, 0.29) is 10.8 Å². The molecule has 0 fully saturated rings. The first kappa shape index (κ1) is 20.1. The maximum absolute atomic E-state index is 13.0. The van der Waals surface area contributed by atoms with Gasteiger partial charge in [-0.15, -0.1) is 0 Å². The van der Waals surface area contributed by atoms with E-state index in [0.717, 1.165) is 21.9 Å². The molecule has 28 heavy (non-hydrogen) atoms. The van der Waals surface area contributed by atoms with Crippen molar-refractivity contribution in [3.05, 3.63) is 77.9 Å². The Morgan fingerprint density at radius 2 is 1.57 bits per heavy atom. The van der Waals surface area contributed by atoms with Gasteiger partial charge >= 0.3 is 0 Å². The van der Waals surface area contributed by atoms with Crippen LogP contribution in [-0.2, 0) is 14.8 Å². The maximum atomic E-state index is 13.0. The molecule has 1 unspecified atom stereocenters. The van der Waals surface area contributed by atoms with Crippen LogP contribution < -0.4 is 4.72 Å². The average molecular weight is 396 g/mol. The number of benzene rings is 3. The van der Waals surface area contributed by atoms with Gasteiger partial charge < -0.3 is 0 Å². The molecule has 0 saturated heterocycles. The fourth-order valence-electron chi connectivity index (χ4n) is 3.27. The van der Waals surface area contributed by atoms with Crippen molar-refractivity contribution in [2.24, 2.45) is 5.92 Å². The van der Waals surface area contributed by atoms with Gasteiger partial charge in [-0.3, -0.25) is 4.79 Å². The minimum Gasteiger partial charge on any atom is -0.273 e. The summed E-state index contributed by atoms with van der Waals surface area (Å²) in [4.78, 5) is 13.1. The van der Waals surface area contributed by atoms with Gasteiger partial charge in [0.2, 0.25) is 5.91 Å². The number of amides is 1. The number of sulfonamides is 1. The van der Waals surface area contributed by atoms with Crippen molar-refractivity contribution >= 4 is 26.7 Å². The van der Waals surface area contributed by atoms with E-state index in [0.29, 0.717) is 6.42 Å². The molecule has 0 aliphatic heterocycles. The first-order chi connectivity index (χ1) is 13.3. The molecule has 4 nitrogen and oxygen atoms in total. The molecule has 0 aliphatic rings. The Kier molecular flexibility index (Phi) is 5.84. The SMILES string of the molecule is Cc1ccc(S(=O)(=O)NC(=O)C(CC(C)C)c2ccc3ccccc3c2)cc1. The van der Waals surface area contributed by atoms with E-state index in [9.17, 15) is 13.2 Å². The van der Waals surface area contributed by atoms with Crippen LogP contribution in [-0.4, -0.2) is 14.3 Å². The topological polar surface area (TPSA) is 63.2 Å². The van der Waals surface area contributed by atoms with Crippen LogP contribution in [0.2, 0.25) is 0 Å². The first-order valence-corrected chi connectivity index (χ1v) is 10.9. The molecule has 1 N–H and O–H groups in total. The largest absolute Gasteiger partial charge is 0.273 e. The normalized spacial score (nSPS) is 12.9. The highest BCUT2D eigenvalue weighted by atomic mass is 32.2. The summed E-state index contributed by atoms with van der Waals surface area (Å²) in [5, 5.41) is 2.12. The zero-order valence-electron chi connectivity index (χ0n) is 16.3. The molecule has 5 heteroatoms. The highest BCUT2D eigenvalue weighted by Gasteiger charge is 2.27. The summed E-state index contributed by atoms with van der Waals surface area (Å²) in [6, 6.07) is 20.2. The molecule has 0 aliphatic carbocycles. The van der Waals surface area contributed by atoms with Crippen molar-refractivity contribution in [1.82, 2.24) is 4.72 Å². The van der Waals surface area contributed by atoms with E-state index in [2.05, 4.69) is 4.72 Å². The minimum absolute atomic E-state index is 0.0910. The number of aryl methyl sites for hydroxylation is 1. The number of rotatable bonds is 6. The van der Waals surface area contributed by atoms with Crippen molar-refractivity contribution in [3.8, 4) is 0 Å². The van der Waals surface area contributed by atoms with E-state index >= 15 is 0 Å². The Bertz CT molecular complexity index is 1090. The van der Waals surface area contributed by atoms with Crippen LogP contribution in [0.25, 0.3) is 10.8 Å². The second kappa shape index (κ2) is 8.15. The Hall–Kier alpha value is -2.66. The van der Waals surface area contributed by atoms with Gasteiger partial charge in [-0.25, -0.2) is 13.1 Å². The molecule has 0 radical (unpaired) electrons. The fraction of sp³-hybridized carbons (Fsp3) is 0.261. The molecule has 3 aromatic rings. The van der Waals surface area contributed by atoms with E-state index < -0.39 is 21.8 Å². The summed E-state index contributed by atoms with van der Waals surface area (Å²) in [6.45, 7) is 5.93. The highest BCUT2D eigenvalue weighted by Crippen LogP contribution is 2.28. The lowest BCUT2D eigenvalue weighted by Gasteiger charge is -2.20. The number of hydrogen-bond donors (Lipinski definition) is 1. The second-order valence-electron chi connectivity index (χ2n) is 7.57. The van der Waals surface area contributed by atoms with Crippen molar-refractivity contribution in [2.75, 3.05) is 0 Å². The zero-order chi connectivity index (χ0) is 20.3. The summed E-state index contributed by atoms with van der Waals surface area (Å²) in [6.07, 6.45) is 0.563. The molecule has 0 heterocycles. The predicted molar refractivity (Wildman–Crippen MR) is 113 cm³/mol. The van der Waals surface area contributed by atoms with Gasteiger partial charge in [-0.1, -0.05) is 74.0 Å². The summed E-state index contributed by atoms with van der Waals surface area (Å²) in [5.74, 6) is -0.793. The minimum atomic E-state index is -3.91. The quantitative estimate of drug-likeness (QED) is 0.653. The van der Waals surface area contributed by atoms with Crippen molar-refractivity contribution < 1.29 is 13.2 Å². The van der Waals surface area contributed by atoms with Crippen molar-refractivity contribution in [1.29, 1.82) is 0 Å². The van der Waals surface area contributed by atoms with Gasteiger partial charge in [0.05, 0.1) is 10.8 Å². The lowest BCUT2D eigenvalue weighted by atomic mass is 9.88. The molecule has 146 valence electrons. The van der Waals surface area contributed by atoms with Gasteiger partial charge in [0.25, 0.3) is 10.0 Å². The van der Waals surface area contributed by atoms with Crippen molar-refractivity contribution in [3.63, 3.8) is 0 Å². The van der Waals surface area contributed by atoms with Gasteiger partial charge in [0.15, 0.2) is 0 Å². The molecule has 0 spiro atoms. The summed E-state index contributed by atoms with van der Waals surface area (Å²) < 4.78 is 27.6. The summed E-state index contributed by atoms with van der Waals surface area (Å²) in [5.41, 5.74) is 1.78. The lowest BCUT2D eigenvalue weighted by molar-refractivity contribution is -0.121. The van der Waals surface area contributed by atoms with Gasteiger partial charge in [-0.2, -0.15) is 0 Å². The predicted octanol–water partition coefficient (Wildman–Crippen LogP) is 4.78. The van der Waals surface area contributed by atoms with Gasteiger partial charge in [0, 0.05) is 0 Å². The third kappa shape index (κ3) is 4.60. The Morgan fingerprint density at radius 3 is 2.21 bits per heavy atom. The Balaban J connectivity index is 1.92. The lowest BCUT2D eigenvalue weighted by Crippen LogP contribution is -2.35. The summed E-state index contributed by atoms with van der Waals surface area (Å²) in [7, 11) is -3.91. The third-order valence-electron chi connectivity index (χ3n) is 4.77. The molecule has 3 rings (SSSR count). The average Bonchev–Trinajstić information content (AvgIpc) is 2.65. The number of carbonyl (C=O) groups is 1. The van der Waals surface area contributed by atoms with Crippen LogP contribution in [0.4, 0.5) is 0 Å². The second-order valence-corrected chi connectivity index (χ2v) is 9.25. The molecular formula is C23H25NO3S. The third-order valence-corrected chi connectivity index (χ3v) is 6.13. The highest BCUT2D eigenvalue weighted by molar-refractivity contribution is 7.90. The molecule has 1 atom stereocenters. The van der Waals surface area contributed by atoms with Crippen LogP contribution in [0.1, 0.15) is 37.3 Å². The van der Waals surface area contributed by atoms with Crippen LogP contribution in [0, 0.1) is 12.8 Å². The van der Waals surface area contributed by atoms with Crippen LogP contribution in [0.5, 0.6) is 0 Å². The van der Waals surface area contributed by atoms with Gasteiger partial charge in [-0.05, 0) is 47.7 Å². The number of nitrogens with one attached hydrogen (secondary N) is 1. The van der Waals surface area contributed by atoms with Crippen LogP contribution >= 0.6 is 0 Å². The molecular weight excluding hydrogens is 370 g/mol. The smallest absolute Gasteiger partial charge is 0.264 e. The Labute approximate surface area is 166 Å². The van der Waals surface area contributed by atoms with E-state index in [1.54, 1.807) is 12.1 Å². The Morgan fingerprint density at radius 1 is 0.929 bits per heavy atom. The molecule has 3 aromatic carbocycles. The van der Waals surface area contributed by atoms with Gasteiger partial charge in [0.1, 0.15) is 0 Å². The van der Waals surface area contributed by atoms with Crippen LogP contribution in [0.3, 0.4) is 0 Å². The van der Waals surface area contributed by atoms with Crippen LogP contribution in [0.15, 0.2) is 71.6 Å². The molecule has 0 saturated carbocycles. The summed E-state index contributed by atoms with van der Waals surface area (Å²) >= 11 is 0. The molecule has 1 amide bonds. The van der Waals surface area contributed by atoms with E-state index in [1.807, 2.05) is 63.2 Å². The number of hydrogen-bond acceptors (Lipinski definition) is 3.